The van der Waals surface area contributed by atoms with E-state index in [4.69, 9.17) is 0 Å². The molecule has 2 heterocycles. The molecule has 2 aliphatic rings. The highest BCUT2D eigenvalue weighted by atomic mass is 32.2. The van der Waals surface area contributed by atoms with E-state index < -0.39 is 10.0 Å². The Morgan fingerprint density at radius 1 is 1.40 bits per heavy atom. The molecule has 0 aromatic rings. The molecule has 0 radical (unpaired) electrons. The molecule has 2 atom stereocenters. The van der Waals surface area contributed by atoms with Gasteiger partial charge in [-0.05, 0) is 25.2 Å². The van der Waals surface area contributed by atoms with Gasteiger partial charge in [0.25, 0.3) is 0 Å². The van der Waals surface area contributed by atoms with Crippen LogP contribution in [0, 0.1) is 5.92 Å². The summed E-state index contributed by atoms with van der Waals surface area (Å²) in [7, 11) is -3.04. The number of hydrogen-bond acceptors (Lipinski definition) is 2. The van der Waals surface area contributed by atoms with Gasteiger partial charge >= 0.3 is 0 Å². The molecule has 0 saturated carbocycles. The number of hydrogen-bond donors (Lipinski definition) is 0. The summed E-state index contributed by atoms with van der Waals surface area (Å²) >= 11 is 0. The minimum Gasteiger partial charge on any atom is -0.212 e. The molecule has 2 rings (SSSR count). The van der Waals surface area contributed by atoms with Gasteiger partial charge in [-0.15, -0.1) is 0 Å². The molecule has 2 unspecified atom stereocenters. The smallest absolute Gasteiger partial charge is 0.212 e. The fourth-order valence-electron chi connectivity index (χ4n) is 2.62. The van der Waals surface area contributed by atoms with Crippen LogP contribution in [0.2, 0.25) is 0 Å². The van der Waals surface area contributed by atoms with Crippen molar-refractivity contribution in [2.75, 3.05) is 5.75 Å². The normalized spacial score (nSPS) is 31.4. The second-order valence-corrected chi connectivity index (χ2v) is 6.88. The molecule has 0 aromatic heterocycles. The van der Waals surface area contributed by atoms with E-state index in [1.54, 1.807) is 4.31 Å². The van der Waals surface area contributed by atoms with Crippen LogP contribution in [0.25, 0.3) is 0 Å². The number of nitrogens with zero attached hydrogens (tertiary/aromatic N) is 1. The van der Waals surface area contributed by atoms with E-state index in [0.29, 0.717) is 0 Å². The first kappa shape index (κ1) is 11.1. The SMILES string of the molecule is CC(C)CS(=O)(=O)N1C2C=CCC1CC2. The van der Waals surface area contributed by atoms with E-state index in [9.17, 15) is 8.42 Å². The van der Waals surface area contributed by atoms with Gasteiger partial charge in [-0.3, -0.25) is 0 Å². The lowest BCUT2D eigenvalue weighted by Crippen LogP contribution is -2.43. The third-order valence-corrected chi connectivity index (χ3v) is 5.41. The Morgan fingerprint density at radius 3 is 2.73 bits per heavy atom. The van der Waals surface area contributed by atoms with Crippen molar-refractivity contribution < 1.29 is 8.42 Å². The van der Waals surface area contributed by atoms with Crippen LogP contribution < -0.4 is 0 Å². The Hall–Kier alpha value is -0.350. The van der Waals surface area contributed by atoms with Crippen molar-refractivity contribution in [1.29, 1.82) is 0 Å². The molecule has 0 aromatic carbocycles. The quantitative estimate of drug-likeness (QED) is 0.692. The van der Waals surface area contributed by atoms with E-state index in [0.717, 1.165) is 19.3 Å². The van der Waals surface area contributed by atoms with Gasteiger partial charge in [0.05, 0.1) is 5.75 Å². The minimum atomic E-state index is -3.04. The lowest BCUT2D eigenvalue weighted by molar-refractivity contribution is 0.339. The molecule has 0 spiro atoms. The third-order valence-electron chi connectivity index (χ3n) is 3.11. The Labute approximate surface area is 92.2 Å². The van der Waals surface area contributed by atoms with Crippen LogP contribution in [0.15, 0.2) is 12.2 Å². The average Bonchev–Trinajstić information content (AvgIpc) is 2.37. The van der Waals surface area contributed by atoms with Crippen LogP contribution in [0.5, 0.6) is 0 Å². The second kappa shape index (κ2) is 3.91. The molecule has 2 aliphatic heterocycles. The lowest BCUT2D eigenvalue weighted by atomic mass is 10.2. The van der Waals surface area contributed by atoms with Gasteiger partial charge in [-0.2, -0.15) is 4.31 Å². The van der Waals surface area contributed by atoms with Crippen molar-refractivity contribution in [2.45, 2.75) is 45.2 Å². The van der Waals surface area contributed by atoms with Crippen LogP contribution in [0.3, 0.4) is 0 Å². The molecule has 1 saturated heterocycles. The highest BCUT2D eigenvalue weighted by molar-refractivity contribution is 7.89. The molecule has 0 amide bonds. The van der Waals surface area contributed by atoms with Crippen LogP contribution >= 0.6 is 0 Å². The summed E-state index contributed by atoms with van der Waals surface area (Å²) in [6.07, 6.45) is 7.10. The molecular formula is C11H19NO2S. The fraction of sp³-hybridized carbons (Fsp3) is 0.818. The summed E-state index contributed by atoms with van der Waals surface area (Å²) in [4.78, 5) is 0. The Kier molecular flexibility index (Phi) is 2.90. The van der Waals surface area contributed by atoms with Gasteiger partial charge in [0.1, 0.15) is 0 Å². The maximum absolute atomic E-state index is 12.1. The first-order valence-electron chi connectivity index (χ1n) is 5.68. The molecule has 2 bridgehead atoms. The molecular weight excluding hydrogens is 210 g/mol. The van der Waals surface area contributed by atoms with Gasteiger partial charge in [0.2, 0.25) is 10.0 Å². The summed E-state index contributed by atoms with van der Waals surface area (Å²) in [5.41, 5.74) is 0. The average molecular weight is 229 g/mol. The standard InChI is InChI=1S/C11H19NO2S/c1-9(2)8-15(13,14)12-10-4-3-5-11(12)7-6-10/h3-4,9-11H,5-8H2,1-2H3. The van der Waals surface area contributed by atoms with Crippen LogP contribution in [-0.2, 0) is 10.0 Å². The molecule has 0 aliphatic carbocycles. The monoisotopic (exact) mass is 229 g/mol. The minimum absolute atomic E-state index is 0.146. The van der Waals surface area contributed by atoms with Crippen molar-refractivity contribution >= 4 is 10.0 Å². The summed E-state index contributed by atoms with van der Waals surface area (Å²) < 4.78 is 26.1. The second-order valence-electron chi connectivity index (χ2n) is 4.96. The summed E-state index contributed by atoms with van der Waals surface area (Å²) in [5.74, 6) is 0.494. The summed E-state index contributed by atoms with van der Waals surface area (Å²) in [6.45, 7) is 3.92. The first-order valence-corrected chi connectivity index (χ1v) is 7.29. The van der Waals surface area contributed by atoms with Crippen molar-refractivity contribution in [2.24, 2.45) is 5.92 Å². The van der Waals surface area contributed by atoms with Gasteiger partial charge in [-0.25, -0.2) is 8.42 Å². The van der Waals surface area contributed by atoms with E-state index in [1.165, 1.54) is 0 Å². The molecule has 4 heteroatoms. The van der Waals surface area contributed by atoms with Crippen LogP contribution in [-0.4, -0.2) is 30.6 Å². The first-order chi connectivity index (χ1) is 7.00. The Morgan fingerprint density at radius 2 is 2.13 bits per heavy atom. The maximum Gasteiger partial charge on any atom is 0.215 e. The molecule has 1 fully saturated rings. The van der Waals surface area contributed by atoms with Crippen LogP contribution in [0.4, 0.5) is 0 Å². The summed E-state index contributed by atoms with van der Waals surface area (Å²) in [6, 6.07) is 0.385. The van der Waals surface area contributed by atoms with Gasteiger partial charge < -0.3 is 0 Å². The van der Waals surface area contributed by atoms with E-state index in [2.05, 4.69) is 12.2 Å². The van der Waals surface area contributed by atoms with Crippen molar-refractivity contribution in [1.82, 2.24) is 4.31 Å². The lowest BCUT2D eigenvalue weighted by Gasteiger charge is -2.30. The number of rotatable bonds is 3. The van der Waals surface area contributed by atoms with E-state index in [-0.39, 0.29) is 23.8 Å². The number of fused-ring (bicyclic) bond motifs is 2. The van der Waals surface area contributed by atoms with Crippen LogP contribution in [0.1, 0.15) is 33.1 Å². The van der Waals surface area contributed by atoms with Crippen molar-refractivity contribution in [3.8, 4) is 0 Å². The zero-order valence-electron chi connectivity index (χ0n) is 9.39. The van der Waals surface area contributed by atoms with E-state index >= 15 is 0 Å². The van der Waals surface area contributed by atoms with Gasteiger partial charge in [-0.1, -0.05) is 26.0 Å². The predicted octanol–water partition coefficient (Wildman–Crippen LogP) is 1.77. The van der Waals surface area contributed by atoms with Gasteiger partial charge in [0.15, 0.2) is 0 Å². The largest absolute Gasteiger partial charge is 0.215 e. The predicted molar refractivity (Wildman–Crippen MR) is 61.0 cm³/mol. The van der Waals surface area contributed by atoms with Crippen molar-refractivity contribution in [3.05, 3.63) is 12.2 Å². The fourth-order valence-corrected chi connectivity index (χ4v) is 4.87. The van der Waals surface area contributed by atoms with E-state index in [1.807, 2.05) is 13.8 Å². The highest BCUT2D eigenvalue weighted by Crippen LogP contribution is 2.34. The zero-order chi connectivity index (χ0) is 11.1. The number of sulfonamides is 1. The maximum atomic E-state index is 12.1. The molecule has 15 heavy (non-hydrogen) atoms. The molecule has 0 N–H and O–H groups in total. The molecule has 3 nitrogen and oxygen atoms in total. The third kappa shape index (κ3) is 2.11. The van der Waals surface area contributed by atoms with Gasteiger partial charge in [0, 0.05) is 12.1 Å². The summed E-state index contributed by atoms with van der Waals surface area (Å²) in [5, 5.41) is 0. The Bertz CT molecular complexity index is 359. The van der Waals surface area contributed by atoms with Crippen molar-refractivity contribution in [3.63, 3.8) is 0 Å². The topological polar surface area (TPSA) is 37.4 Å². The molecule has 86 valence electrons. The highest BCUT2D eigenvalue weighted by Gasteiger charge is 2.41. The zero-order valence-corrected chi connectivity index (χ0v) is 10.2. The Balaban J connectivity index is 2.21.